The van der Waals surface area contributed by atoms with E-state index >= 15 is 0 Å². The average molecular weight is 326 g/mol. The van der Waals surface area contributed by atoms with Gasteiger partial charge in [0.05, 0.1) is 0 Å². The monoisotopic (exact) mass is 326 g/mol. The summed E-state index contributed by atoms with van der Waals surface area (Å²) in [5, 5.41) is 10.6. The summed E-state index contributed by atoms with van der Waals surface area (Å²) in [6, 6.07) is 11.3. The predicted octanol–water partition coefficient (Wildman–Crippen LogP) is 1.15. The van der Waals surface area contributed by atoms with Crippen molar-refractivity contribution in [2.45, 2.75) is 6.54 Å². The van der Waals surface area contributed by atoms with Gasteiger partial charge >= 0.3 is 6.01 Å². The third-order valence-corrected chi connectivity index (χ3v) is 3.54. The zero-order valence-electron chi connectivity index (χ0n) is 12.6. The number of benzene rings is 1. The lowest BCUT2D eigenvalue weighted by molar-refractivity contribution is -0.123. The zero-order chi connectivity index (χ0) is 16.4. The third kappa shape index (κ3) is 2.81. The number of hydrogen-bond acceptors (Lipinski definition) is 6. The van der Waals surface area contributed by atoms with Crippen LogP contribution in [-0.2, 0) is 11.3 Å². The Labute approximate surface area is 137 Å². The summed E-state index contributed by atoms with van der Waals surface area (Å²) in [4.78, 5) is 11.9. The van der Waals surface area contributed by atoms with Crippen LogP contribution in [0.4, 0.5) is 0 Å². The SMILES string of the molecule is O=C(COc1nnc2ccccn12)NCc1ccc2c(c1)OCO2. The van der Waals surface area contributed by atoms with Crippen LogP contribution in [0.15, 0.2) is 42.6 Å². The number of carbonyl (C=O) groups is 1. The summed E-state index contributed by atoms with van der Waals surface area (Å²) in [6.07, 6.45) is 1.77. The van der Waals surface area contributed by atoms with E-state index in [9.17, 15) is 4.79 Å². The number of fused-ring (bicyclic) bond motifs is 2. The van der Waals surface area contributed by atoms with Crippen molar-refractivity contribution < 1.29 is 19.0 Å². The molecule has 24 heavy (non-hydrogen) atoms. The second kappa shape index (κ2) is 6.07. The molecular formula is C16H14N4O4. The number of amides is 1. The fourth-order valence-electron chi connectivity index (χ4n) is 2.35. The van der Waals surface area contributed by atoms with E-state index < -0.39 is 0 Å². The van der Waals surface area contributed by atoms with Crippen LogP contribution < -0.4 is 19.5 Å². The first-order valence-electron chi connectivity index (χ1n) is 7.37. The van der Waals surface area contributed by atoms with E-state index in [0.717, 1.165) is 5.56 Å². The average Bonchev–Trinajstić information content (AvgIpc) is 3.24. The molecule has 0 aliphatic carbocycles. The molecular weight excluding hydrogens is 312 g/mol. The van der Waals surface area contributed by atoms with Gasteiger partial charge in [0.1, 0.15) is 0 Å². The Morgan fingerprint density at radius 1 is 1.21 bits per heavy atom. The summed E-state index contributed by atoms with van der Waals surface area (Å²) in [5.74, 6) is 1.15. The Hall–Kier alpha value is -3.29. The number of carbonyl (C=O) groups excluding carboxylic acids is 1. The van der Waals surface area contributed by atoms with Gasteiger partial charge in [-0.05, 0) is 29.8 Å². The molecule has 1 aliphatic heterocycles. The maximum Gasteiger partial charge on any atom is 0.322 e. The molecule has 0 radical (unpaired) electrons. The molecule has 0 saturated heterocycles. The van der Waals surface area contributed by atoms with Crippen molar-refractivity contribution in [2.75, 3.05) is 13.4 Å². The number of hydrogen-bond donors (Lipinski definition) is 1. The minimum absolute atomic E-state index is 0.139. The van der Waals surface area contributed by atoms with E-state index in [1.165, 1.54) is 0 Å². The predicted molar refractivity (Wildman–Crippen MR) is 82.9 cm³/mol. The summed E-state index contributed by atoms with van der Waals surface area (Å²) < 4.78 is 17.6. The molecule has 0 fully saturated rings. The van der Waals surface area contributed by atoms with Crippen molar-refractivity contribution in [1.82, 2.24) is 19.9 Å². The van der Waals surface area contributed by atoms with Gasteiger partial charge in [0.25, 0.3) is 5.91 Å². The Kier molecular flexibility index (Phi) is 3.62. The lowest BCUT2D eigenvalue weighted by atomic mass is 10.2. The topological polar surface area (TPSA) is 87.0 Å². The highest BCUT2D eigenvalue weighted by molar-refractivity contribution is 5.77. The van der Waals surface area contributed by atoms with Crippen LogP contribution in [0.1, 0.15) is 5.56 Å². The van der Waals surface area contributed by atoms with E-state index in [1.54, 1.807) is 16.7 Å². The fraction of sp³-hybridized carbons (Fsp3) is 0.188. The smallest absolute Gasteiger partial charge is 0.322 e. The highest BCUT2D eigenvalue weighted by Crippen LogP contribution is 2.32. The van der Waals surface area contributed by atoms with Crippen LogP contribution in [0.5, 0.6) is 17.5 Å². The van der Waals surface area contributed by atoms with Gasteiger partial charge in [-0.25, -0.2) is 0 Å². The van der Waals surface area contributed by atoms with E-state index in [2.05, 4.69) is 15.5 Å². The molecule has 1 amide bonds. The first-order valence-corrected chi connectivity index (χ1v) is 7.37. The maximum absolute atomic E-state index is 11.9. The summed E-state index contributed by atoms with van der Waals surface area (Å²) in [6.45, 7) is 0.463. The number of nitrogens with one attached hydrogen (secondary N) is 1. The molecule has 122 valence electrons. The van der Waals surface area contributed by atoms with Crippen LogP contribution in [0, 0.1) is 0 Å². The summed E-state index contributed by atoms with van der Waals surface area (Å²) >= 11 is 0. The number of aromatic nitrogens is 3. The largest absolute Gasteiger partial charge is 0.454 e. The first kappa shape index (κ1) is 14.3. The second-order valence-corrected chi connectivity index (χ2v) is 5.16. The minimum atomic E-state index is -0.250. The van der Waals surface area contributed by atoms with Gasteiger partial charge in [-0.3, -0.25) is 9.20 Å². The van der Waals surface area contributed by atoms with Gasteiger partial charge in [0.15, 0.2) is 23.8 Å². The molecule has 1 N–H and O–H groups in total. The zero-order valence-corrected chi connectivity index (χ0v) is 12.6. The van der Waals surface area contributed by atoms with Crippen molar-refractivity contribution >= 4 is 11.6 Å². The molecule has 2 aromatic heterocycles. The molecule has 1 aromatic carbocycles. The second-order valence-electron chi connectivity index (χ2n) is 5.16. The van der Waals surface area contributed by atoms with Crippen molar-refractivity contribution in [1.29, 1.82) is 0 Å². The number of nitrogens with zero attached hydrogens (tertiary/aromatic N) is 3. The minimum Gasteiger partial charge on any atom is -0.454 e. The fourth-order valence-corrected chi connectivity index (χ4v) is 2.35. The van der Waals surface area contributed by atoms with Gasteiger partial charge in [0, 0.05) is 12.7 Å². The Morgan fingerprint density at radius 3 is 3.08 bits per heavy atom. The Balaban J connectivity index is 1.32. The molecule has 0 atom stereocenters. The summed E-state index contributed by atoms with van der Waals surface area (Å²) in [7, 11) is 0. The molecule has 0 saturated carbocycles. The van der Waals surface area contributed by atoms with Gasteiger partial charge < -0.3 is 19.5 Å². The van der Waals surface area contributed by atoms with E-state index in [0.29, 0.717) is 23.7 Å². The van der Waals surface area contributed by atoms with Crippen molar-refractivity contribution in [3.05, 3.63) is 48.2 Å². The number of rotatable bonds is 5. The molecule has 3 aromatic rings. The number of pyridine rings is 1. The summed E-state index contributed by atoms with van der Waals surface area (Å²) in [5.41, 5.74) is 1.58. The van der Waals surface area contributed by atoms with Crippen LogP contribution in [0.2, 0.25) is 0 Å². The molecule has 1 aliphatic rings. The van der Waals surface area contributed by atoms with Crippen molar-refractivity contribution in [3.63, 3.8) is 0 Å². The maximum atomic E-state index is 11.9. The normalized spacial score (nSPS) is 12.3. The lowest BCUT2D eigenvalue weighted by Gasteiger charge is -2.07. The van der Waals surface area contributed by atoms with Crippen LogP contribution in [0.25, 0.3) is 5.65 Å². The van der Waals surface area contributed by atoms with Gasteiger partial charge in [0.2, 0.25) is 6.79 Å². The highest BCUT2D eigenvalue weighted by Gasteiger charge is 2.14. The van der Waals surface area contributed by atoms with Gasteiger partial charge in [-0.2, -0.15) is 0 Å². The molecule has 0 bridgehead atoms. The van der Waals surface area contributed by atoms with Crippen molar-refractivity contribution in [3.8, 4) is 17.5 Å². The molecule has 8 heteroatoms. The first-order chi connectivity index (χ1) is 11.8. The standard InChI is InChI=1S/C16H14N4O4/c21-15(9-22-16-19-18-14-3-1-2-6-20(14)16)17-8-11-4-5-12-13(7-11)24-10-23-12/h1-7H,8-10H2,(H,17,21). The van der Waals surface area contributed by atoms with Gasteiger partial charge in [-0.1, -0.05) is 17.2 Å². The number of ether oxygens (including phenoxy) is 3. The van der Waals surface area contributed by atoms with E-state index in [1.807, 2.05) is 30.3 Å². The Morgan fingerprint density at radius 2 is 2.12 bits per heavy atom. The Bertz CT molecular complexity index is 893. The van der Waals surface area contributed by atoms with E-state index in [-0.39, 0.29) is 25.3 Å². The van der Waals surface area contributed by atoms with E-state index in [4.69, 9.17) is 14.2 Å². The molecule has 0 unspecified atom stereocenters. The van der Waals surface area contributed by atoms with Crippen LogP contribution in [0.3, 0.4) is 0 Å². The quantitative estimate of drug-likeness (QED) is 0.757. The molecule has 3 heterocycles. The van der Waals surface area contributed by atoms with Crippen LogP contribution >= 0.6 is 0 Å². The van der Waals surface area contributed by atoms with Crippen LogP contribution in [-0.4, -0.2) is 33.9 Å². The van der Waals surface area contributed by atoms with Gasteiger partial charge in [-0.15, -0.1) is 5.10 Å². The third-order valence-electron chi connectivity index (χ3n) is 3.54. The molecule has 4 rings (SSSR count). The van der Waals surface area contributed by atoms with Crippen molar-refractivity contribution in [2.24, 2.45) is 0 Å². The molecule has 0 spiro atoms. The highest BCUT2D eigenvalue weighted by atomic mass is 16.7. The molecule has 8 nitrogen and oxygen atoms in total. The lowest BCUT2D eigenvalue weighted by Crippen LogP contribution is -2.28.